The van der Waals surface area contributed by atoms with Crippen molar-refractivity contribution in [1.82, 2.24) is 0 Å². The first-order valence-corrected chi connectivity index (χ1v) is 9.00. The Morgan fingerprint density at radius 3 is 2.74 bits per heavy atom. The Hall–Kier alpha value is -2.57. The van der Waals surface area contributed by atoms with E-state index in [1.54, 1.807) is 31.2 Å². The summed E-state index contributed by atoms with van der Waals surface area (Å²) >= 11 is 6.06. The number of halogens is 1. The molecule has 7 heteroatoms. The fraction of sp³-hybridized carbons (Fsp3) is 0.300. The predicted octanol–water partition coefficient (Wildman–Crippen LogP) is 4.16. The van der Waals surface area contributed by atoms with E-state index in [1.165, 1.54) is 12.1 Å². The summed E-state index contributed by atoms with van der Waals surface area (Å²) in [7, 11) is 0. The molecule has 1 aliphatic heterocycles. The molecule has 2 aromatic rings. The molecular weight excluding hydrogens is 370 g/mol. The van der Waals surface area contributed by atoms with Crippen LogP contribution in [0, 0.1) is 6.92 Å². The van der Waals surface area contributed by atoms with Crippen molar-refractivity contribution >= 4 is 29.2 Å². The van der Waals surface area contributed by atoms with E-state index in [4.69, 9.17) is 21.1 Å². The molecule has 0 aliphatic carbocycles. The molecule has 1 aliphatic rings. The van der Waals surface area contributed by atoms with Gasteiger partial charge in [0.25, 0.3) is 5.91 Å². The van der Waals surface area contributed by atoms with Gasteiger partial charge in [-0.25, -0.2) is 4.79 Å². The lowest BCUT2D eigenvalue weighted by atomic mass is 10.1. The third kappa shape index (κ3) is 4.99. The molecule has 1 unspecified atom stereocenters. The second-order valence-electron chi connectivity index (χ2n) is 6.43. The van der Waals surface area contributed by atoms with Gasteiger partial charge in [0.2, 0.25) is 0 Å². The van der Waals surface area contributed by atoms with Gasteiger partial charge in [0.15, 0.2) is 0 Å². The number of ether oxygens (including phenoxy) is 2. The Kier molecular flexibility index (Phi) is 5.98. The number of benzene rings is 2. The largest absolute Gasteiger partial charge is 0.489 e. The average Bonchev–Trinajstić information content (AvgIpc) is 3.14. The van der Waals surface area contributed by atoms with Crippen LogP contribution < -0.4 is 10.1 Å². The van der Waals surface area contributed by atoms with E-state index < -0.39 is 11.9 Å². The first kappa shape index (κ1) is 19.2. The van der Waals surface area contributed by atoms with Crippen LogP contribution in [0.25, 0.3) is 0 Å². The predicted molar refractivity (Wildman–Crippen MR) is 102 cm³/mol. The first-order valence-electron chi connectivity index (χ1n) is 8.62. The van der Waals surface area contributed by atoms with Crippen LogP contribution in [0.3, 0.4) is 0 Å². The van der Waals surface area contributed by atoms with Gasteiger partial charge in [-0.1, -0.05) is 11.6 Å². The number of hydrogen-bond acceptors (Lipinski definition) is 4. The van der Waals surface area contributed by atoms with Crippen molar-refractivity contribution < 1.29 is 24.2 Å². The zero-order chi connectivity index (χ0) is 19.4. The van der Waals surface area contributed by atoms with Gasteiger partial charge in [-0.2, -0.15) is 0 Å². The molecule has 27 heavy (non-hydrogen) atoms. The van der Waals surface area contributed by atoms with Crippen LogP contribution in [0.5, 0.6) is 5.75 Å². The standard InChI is InChI=1S/C20H20ClNO5/c1-12-7-13(9-14(8-12)20(24)25)19(23)22-17-10-15(21)4-5-18(17)27-11-16-3-2-6-26-16/h4-5,7-10,16H,2-3,6,11H2,1H3,(H,22,23)(H,24,25). The Morgan fingerprint density at radius 1 is 1.26 bits per heavy atom. The third-order valence-electron chi connectivity index (χ3n) is 4.23. The van der Waals surface area contributed by atoms with Gasteiger partial charge in [-0.3, -0.25) is 4.79 Å². The molecule has 2 N–H and O–H groups in total. The molecule has 2 aromatic carbocycles. The minimum absolute atomic E-state index is 0.0409. The Labute approximate surface area is 162 Å². The summed E-state index contributed by atoms with van der Waals surface area (Å²) in [4.78, 5) is 23.9. The molecular formula is C20H20ClNO5. The number of carbonyl (C=O) groups is 2. The van der Waals surface area contributed by atoms with Crippen molar-refractivity contribution in [2.45, 2.75) is 25.9 Å². The van der Waals surface area contributed by atoms with Crippen LogP contribution in [0.4, 0.5) is 5.69 Å². The van der Waals surface area contributed by atoms with E-state index in [0.29, 0.717) is 28.6 Å². The quantitative estimate of drug-likeness (QED) is 0.775. The van der Waals surface area contributed by atoms with Crippen LogP contribution in [0.1, 0.15) is 39.1 Å². The second-order valence-corrected chi connectivity index (χ2v) is 6.87. The summed E-state index contributed by atoms with van der Waals surface area (Å²) in [5.74, 6) is -1.05. The van der Waals surface area contributed by atoms with E-state index in [0.717, 1.165) is 19.4 Å². The van der Waals surface area contributed by atoms with Gasteiger partial charge < -0.3 is 19.9 Å². The number of carboxylic acid groups (broad SMARTS) is 1. The van der Waals surface area contributed by atoms with Gasteiger partial charge >= 0.3 is 5.97 Å². The van der Waals surface area contributed by atoms with Crippen LogP contribution in [0.2, 0.25) is 5.02 Å². The number of nitrogens with one attached hydrogen (secondary N) is 1. The van der Waals surface area contributed by atoms with Crippen molar-refractivity contribution in [2.24, 2.45) is 0 Å². The highest BCUT2D eigenvalue weighted by Crippen LogP contribution is 2.29. The summed E-state index contributed by atoms with van der Waals surface area (Å²) in [5, 5.41) is 12.4. The SMILES string of the molecule is Cc1cc(C(=O)O)cc(C(=O)Nc2cc(Cl)ccc2OCC2CCCO2)c1. The third-order valence-corrected chi connectivity index (χ3v) is 4.46. The maximum Gasteiger partial charge on any atom is 0.335 e. The lowest BCUT2D eigenvalue weighted by Crippen LogP contribution is -2.18. The fourth-order valence-electron chi connectivity index (χ4n) is 2.92. The number of amides is 1. The number of hydrogen-bond donors (Lipinski definition) is 2. The van der Waals surface area contributed by atoms with Crippen molar-refractivity contribution in [1.29, 1.82) is 0 Å². The molecule has 0 aromatic heterocycles. The molecule has 0 bridgehead atoms. The summed E-state index contributed by atoms with van der Waals surface area (Å²) in [5.41, 5.74) is 1.41. The number of anilines is 1. The van der Waals surface area contributed by atoms with E-state index in [1.807, 2.05) is 0 Å². The van der Waals surface area contributed by atoms with Gasteiger partial charge in [-0.05, 0) is 61.7 Å². The van der Waals surface area contributed by atoms with Crippen molar-refractivity contribution in [2.75, 3.05) is 18.5 Å². The van der Waals surface area contributed by atoms with E-state index >= 15 is 0 Å². The van der Waals surface area contributed by atoms with Gasteiger partial charge in [0.1, 0.15) is 12.4 Å². The maximum atomic E-state index is 12.6. The van der Waals surface area contributed by atoms with Crippen molar-refractivity contribution in [3.63, 3.8) is 0 Å². The lowest BCUT2D eigenvalue weighted by Gasteiger charge is -2.16. The molecule has 1 saturated heterocycles. The molecule has 0 radical (unpaired) electrons. The highest BCUT2D eigenvalue weighted by Gasteiger charge is 2.18. The van der Waals surface area contributed by atoms with Crippen molar-refractivity contribution in [3.05, 3.63) is 58.1 Å². The molecule has 0 spiro atoms. The number of carboxylic acids is 1. The fourth-order valence-corrected chi connectivity index (χ4v) is 3.09. The molecule has 1 fully saturated rings. The van der Waals surface area contributed by atoms with Gasteiger partial charge in [0.05, 0.1) is 17.4 Å². The number of aryl methyl sites for hydroxylation is 1. The topological polar surface area (TPSA) is 84.9 Å². The smallest absolute Gasteiger partial charge is 0.335 e. The number of rotatable bonds is 6. The molecule has 1 heterocycles. The highest BCUT2D eigenvalue weighted by atomic mass is 35.5. The summed E-state index contributed by atoms with van der Waals surface area (Å²) in [6.45, 7) is 2.86. The van der Waals surface area contributed by atoms with Crippen LogP contribution in [-0.4, -0.2) is 36.3 Å². The summed E-state index contributed by atoms with van der Waals surface area (Å²) < 4.78 is 11.3. The minimum Gasteiger partial charge on any atom is -0.489 e. The van der Waals surface area contributed by atoms with Crippen molar-refractivity contribution in [3.8, 4) is 5.75 Å². The van der Waals surface area contributed by atoms with Crippen LogP contribution >= 0.6 is 11.6 Å². The molecule has 1 atom stereocenters. The first-order chi connectivity index (χ1) is 12.9. The normalized spacial score (nSPS) is 16.1. The van der Waals surface area contributed by atoms with Gasteiger partial charge in [-0.15, -0.1) is 0 Å². The number of aromatic carboxylic acids is 1. The van der Waals surface area contributed by atoms with Crippen LogP contribution in [0.15, 0.2) is 36.4 Å². The summed E-state index contributed by atoms with van der Waals surface area (Å²) in [6, 6.07) is 9.43. The molecule has 6 nitrogen and oxygen atoms in total. The van der Waals surface area contributed by atoms with E-state index in [-0.39, 0.29) is 17.2 Å². The van der Waals surface area contributed by atoms with E-state index in [2.05, 4.69) is 5.32 Å². The van der Waals surface area contributed by atoms with Gasteiger partial charge in [0, 0.05) is 17.2 Å². The van der Waals surface area contributed by atoms with E-state index in [9.17, 15) is 14.7 Å². The highest BCUT2D eigenvalue weighted by molar-refractivity contribution is 6.31. The van der Waals surface area contributed by atoms with Crippen LogP contribution in [-0.2, 0) is 4.74 Å². The molecule has 142 valence electrons. The maximum absolute atomic E-state index is 12.6. The molecule has 0 saturated carbocycles. The zero-order valence-electron chi connectivity index (χ0n) is 14.8. The Morgan fingerprint density at radius 2 is 2.04 bits per heavy atom. The number of carbonyl (C=O) groups excluding carboxylic acids is 1. The zero-order valence-corrected chi connectivity index (χ0v) is 15.6. The lowest BCUT2D eigenvalue weighted by molar-refractivity contribution is 0.0681. The summed E-state index contributed by atoms with van der Waals surface area (Å²) in [6.07, 6.45) is 1.99. The molecule has 3 rings (SSSR count). The average molecular weight is 390 g/mol. The Balaban J connectivity index is 1.78. The Bertz CT molecular complexity index is 861. The molecule has 1 amide bonds. The minimum atomic E-state index is -1.09. The monoisotopic (exact) mass is 389 g/mol. The second kappa shape index (κ2) is 8.41.